The molecule has 0 aliphatic heterocycles. The van der Waals surface area contributed by atoms with Gasteiger partial charge in [0.25, 0.3) is 0 Å². The zero-order chi connectivity index (χ0) is 89.2. The standard InChI is InChI=1S/C20H19F3O3S.2C19H17F3O4S.C10H12O2S.C9H9ClO2.C7H8O.C3H5ClO/c1-13-10-18(8-9-19(13)25-11-14(2)24)27-12-15(3)26-17-6-4-16(5-7-17)20(21,22)23;1-12-9-16(7-8-17(12)25-10-18(23)24)27-11-13(2)26-15-5-3-14(4-6-15)19(20,21)22;1-12-9-16(7-8-17(12)25-10-13(2)23)27-11-18(24)26-15-5-3-14(4-6-15)19(20,21)22;1-7-5-9(13)3-4-10(7)12-6-8(2)11;1-7-2-4-8(5-3-7)12-9(11)6-10;1-6-2-4-7(8)5-3-6;1-2-3(4)5/h4-10H,3,11-12H2,1-2H3;3-9H,2,10-11H2,1H3,(H,23,24);3-9H,10-11H2,1-2H3;3-5,13H,6H2,1-2H3;2-5H,6H2,1H3;2-5,8H,1H3;2H2,1H3. The minimum absolute atomic E-state index is 0.00584. The highest BCUT2D eigenvalue weighted by molar-refractivity contribution is 8.00. The van der Waals surface area contributed by atoms with E-state index in [1.807, 2.05) is 101 Å². The van der Waals surface area contributed by atoms with Crippen LogP contribution in [0, 0.1) is 41.5 Å². The highest BCUT2D eigenvalue weighted by Crippen LogP contribution is 2.36. The Morgan fingerprint density at radius 2 is 0.681 bits per heavy atom. The first kappa shape index (κ1) is 103. The summed E-state index contributed by atoms with van der Waals surface area (Å²) < 4.78 is 155. The number of halogens is 11. The van der Waals surface area contributed by atoms with E-state index in [4.69, 9.17) is 71.3 Å². The Morgan fingerprint density at radius 3 is 0.958 bits per heavy atom. The first-order valence-electron chi connectivity index (χ1n) is 35.2. The Balaban J connectivity index is 0.000000380. The second-order valence-corrected chi connectivity index (χ2v) is 29.4. The van der Waals surface area contributed by atoms with Crippen LogP contribution in [0.3, 0.4) is 0 Å². The van der Waals surface area contributed by atoms with Crippen LogP contribution in [0.5, 0.6) is 51.7 Å². The highest BCUT2D eigenvalue weighted by Gasteiger charge is 2.32. The van der Waals surface area contributed by atoms with E-state index < -0.39 is 59.7 Å². The summed E-state index contributed by atoms with van der Waals surface area (Å²) in [7, 11) is 0. The van der Waals surface area contributed by atoms with Crippen LogP contribution >= 0.6 is 71.1 Å². The molecule has 0 aliphatic rings. The molecule has 0 fully saturated rings. The number of thiol groups is 1. The molecule has 2 N–H and O–H groups in total. The molecule has 17 nitrogen and oxygen atoms in total. The van der Waals surface area contributed by atoms with Gasteiger partial charge in [0.2, 0.25) is 5.24 Å². The number of hydrogen-bond acceptors (Lipinski definition) is 20. The Bertz CT molecular complexity index is 4430. The monoisotopic (exact) mass is 1770 g/mol. The maximum absolute atomic E-state index is 12.6. The van der Waals surface area contributed by atoms with E-state index in [1.54, 1.807) is 68.4 Å². The molecule has 0 atom stereocenters. The molecule has 9 aromatic carbocycles. The maximum Gasteiger partial charge on any atom is 0.416 e. The smallest absolute Gasteiger partial charge is 0.416 e. The third-order valence-corrected chi connectivity index (χ3v) is 18.2. The van der Waals surface area contributed by atoms with Crippen molar-refractivity contribution in [2.45, 2.75) is 114 Å². The van der Waals surface area contributed by atoms with Crippen LogP contribution in [-0.4, -0.2) is 100 Å². The average molecular weight is 1770 g/mol. The van der Waals surface area contributed by atoms with Crippen LogP contribution in [0.2, 0.25) is 0 Å². The van der Waals surface area contributed by atoms with Crippen LogP contribution in [0.1, 0.15) is 84.2 Å². The molecule has 9 rings (SSSR count). The summed E-state index contributed by atoms with van der Waals surface area (Å²) in [6.45, 7) is 24.8. The topological polar surface area (TPSA) is 234 Å². The van der Waals surface area contributed by atoms with Gasteiger partial charge in [0.15, 0.2) is 24.0 Å². The molecule has 0 aromatic heterocycles. The van der Waals surface area contributed by atoms with Crippen molar-refractivity contribution in [3.63, 3.8) is 0 Å². The Labute approximate surface area is 712 Å². The molecule has 32 heteroatoms. The van der Waals surface area contributed by atoms with Gasteiger partial charge in [-0.05, 0) is 266 Å². The fraction of sp³-hybridized carbons (Fsp3) is 0.253. The van der Waals surface area contributed by atoms with Gasteiger partial charge in [-0.3, -0.25) is 28.8 Å². The van der Waals surface area contributed by atoms with Crippen molar-refractivity contribution in [1.82, 2.24) is 0 Å². The number of hydrogen-bond donors (Lipinski definition) is 3. The number of esters is 2. The number of carbonyl (C=O) groups is 7. The number of ether oxygens (including phenoxy) is 8. The number of Topliss-reactive ketones (excluding diaryl/α,β-unsaturated/α-hetero) is 3. The van der Waals surface area contributed by atoms with E-state index >= 15 is 0 Å². The van der Waals surface area contributed by atoms with Crippen molar-refractivity contribution >= 4 is 112 Å². The van der Waals surface area contributed by atoms with Crippen molar-refractivity contribution in [2.75, 3.05) is 49.6 Å². The number of carboxylic acid groups (broad SMARTS) is 1. The first-order chi connectivity index (χ1) is 55.8. The van der Waals surface area contributed by atoms with Gasteiger partial charge in [-0.25, -0.2) is 4.79 Å². The van der Waals surface area contributed by atoms with Gasteiger partial charge in [-0.1, -0.05) is 55.5 Å². The van der Waals surface area contributed by atoms with Crippen LogP contribution < -0.4 is 37.9 Å². The molecule has 0 bridgehead atoms. The SMILES string of the molecule is C=C(CSc1ccc(OCC(=O)O)c(C)c1)Oc1ccc(C(F)(F)F)cc1.C=C(CSc1ccc(OCC(C)=O)c(C)c1)Oc1ccc(C(F)(F)F)cc1.CC(=O)COc1ccc(S)cc1C.CC(=O)COc1ccc(SCC(=O)Oc2ccc(C(F)(F)F)cc2)cc1C.CCC(=O)Cl.Cc1ccc(O)cc1.Cc1ccc(OC(=O)CCl)cc1. The van der Waals surface area contributed by atoms with Gasteiger partial charge in [0.1, 0.15) is 89.0 Å². The lowest BCUT2D eigenvalue weighted by molar-refractivity contribution is -0.139. The first-order valence-corrected chi connectivity index (χ1v) is 39.6. The number of benzene rings is 9. The van der Waals surface area contributed by atoms with Crippen molar-refractivity contribution < 1.29 is 121 Å². The largest absolute Gasteiger partial charge is 0.508 e. The molecule has 0 amide bonds. The average Bonchev–Trinajstić information content (AvgIpc) is 0.878. The normalized spacial score (nSPS) is 10.5. The number of aromatic hydroxyl groups is 1. The number of aryl methyl sites for hydroxylation is 6. The number of alkyl halides is 10. The number of phenolic OH excluding ortho intramolecular Hbond substituents is 1. The molecular weight excluding hydrogens is 1690 g/mol. The number of carbonyl (C=O) groups excluding carboxylic acids is 6. The van der Waals surface area contributed by atoms with Crippen LogP contribution in [-0.2, 0) is 52.1 Å². The quantitative estimate of drug-likeness (QED) is 0.00578. The van der Waals surface area contributed by atoms with E-state index in [-0.39, 0.29) is 65.5 Å². The molecule has 0 aliphatic carbocycles. The molecule has 0 unspecified atom stereocenters. The minimum atomic E-state index is -4.43. The molecule has 0 spiro atoms. The second kappa shape index (κ2) is 52.4. The van der Waals surface area contributed by atoms with Gasteiger partial charge in [-0.15, -0.1) is 59.5 Å². The number of rotatable bonds is 29. The number of carboxylic acids is 1. The molecule has 0 saturated heterocycles. The molecule has 0 radical (unpaired) electrons. The van der Waals surface area contributed by atoms with Gasteiger partial charge in [-0.2, -0.15) is 39.5 Å². The van der Waals surface area contributed by atoms with E-state index in [2.05, 4.69) is 25.8 Å². The molecule has 9 aromatic rings. The van der Waals surface area contributed by atoms with Gasteiger partial charge >= 0.3 is 36.4 Å². The van der Waals surface area contributed by atoms with Gasteiger partial charge in [0.05, 0.1) is 33.9 Å². The molecular formula is C87H87Cl2F9O17S4. The predicted octanol–water partition coefficient (Wildman–Crippen LogP) is 22.8. The molecule has 119 heavy (non-hydrogen) atoms. The van der Waals surface area contributed by atoms with Crippen molar-refractivity contribution in [3.8, 4) is 51.7 Å². The van der Waals surface area contributed by atoms with Crippen LogP contribution in [0.15, 0.2) is 238 Å². The number of ketones is 3. The lowest BCUT2D eigenvalue weighted by Crippen LogP contribution is -2.11. The Kier molecular flexibility index (Phi) is 45.2. The fourth-order valence-electron chi connectivity index (χ4n) is 8.56. The van der Waals surface area contributed by atoms with E-state index in [1.165, 1.54) is 85.9 Å². The fourth-order valence-corrected chi connectivity index (χ4v) is 11.3. The van der Waals surface area contributed by atoms with E-state index in [0.717, 1.165) is 102 Å². The highest BCUT2D eigenvalue weighted by atomic mass is 35.5. The third kappa shape index (κ3) is 44.2. The second-order valence-electron chi connectivity index (χ2n) is 25.0. The maximum atomic E-state index is 12.6. The van der Waals surface area contributed by atoms with Crippen molar-refractivity contribution in [2.24, 2.45) is 0 Å². The van der Waals surface area contributed by atoms with Crippen molar-refractivity contribution in [1.29, 1.82) is 0 Å². The number of phenols is 1. The van der Waals surface area contributed by atoms with Gasteiger partial charge in [0, 0.05) is 26.0 Å². The van der Waals surface area contributed by atoms with Crippen LogP contribution in [0.25, 0.3) is 0 Å². The summed E-state index contributed by atoms with van der Waals surface area (Å²) in [6.07, 6.45) is -12.8. The lowest BCUT2D eigenvalue weighted by Gasteiger charge is -2.12. The molecule has 638 valence electrons. The molecule has 0 heterocycles. The van der Waals surface area contributed by atoms with E-state index in [9.17, 15) is 73.1 Å². The minimum Gasteiger partial charge on any atom is -0.508 e. The Hall–Kier alpha value is -10.5. The summed E-state index contributed by atoms with van der Waals surface area (Å²) >= 11 is 18.4. The number of aliphatic carboxylic acids is 1. The van der Waals surface area contributed by atoms with Crippen molar-refractivity contribution in [3.05, 3.63) is 269 Å². The predicted molar refractivity (Wildman–Crippen MR) is 447 cm³/mol. The zero-order valence-electron chi connectivity index (χ0n) is 66.1. The third-order valence-electron chi connectivity index (χ3n) is 14.4. The summed E-state index contributed by atoms with van der Waals surface area (Å²) in [5.41, 5.74) is 3.52. The lowest BCUT2D eigenvalue weighted by atomic mass is 10.2. The number of thioether (sulfide) groups is 3. The zero-order valence-corrected chi connectivity index (χ0v) is 71.0. The molecule has 0 saturated carbocycles. The Morgan fingerprint density at radius 1 is 0.403 bits per heavy atom. The summed E-state index contributed by atoms with van der Waals surface area (Å²) in [5.74, 6) is 3.33. The van der Waals surface area contributed by atoms with Gasteiger partial charge < -0.3 is 48.1 Å². The summed E-state index contributed by atoms with van der Waals surface area (Å²) in [6, 6.07) is 48.8. The summed E-state index contributed by atoms with van der Waals surface area (Å²) in [4.78, 5) is 78.8. The van der Waals surface area contributed by atoms with E-state index in [0.29, 0.717) is 63.9 Å². The van der Waals surface area contributed by atoms with Crippen LogP contribution in [0.4, 0.5) is 39.5 Å². The summed E-state index contributed by atoms with van der Waals surface area (Å²) in [5, 5.41) is 17.1.